The highest BCUT2D eigenvalue weighted by Crippen LogP contribution is 2.67. The highest BCUT2D eigenvalue weighted by atomic mass is 16.3. The van der Waals surface area contributed by atoms with Crippen molar-refractivity contribution in [3.05, 3.63) is 23.8 Å². The van der Waals surface area contributed by atoms with E-state index in [1.165, 1.54) is 50.5 Å². The molecule has 3 saturated carbocycles. The Kier molecular flexibility index (Phi) is 3.61. The van der Waals surface area contributed by atoms with Crippen molar-refractivity contribution in [1.29, 1.82) is 0 Å². The average molecular weight is 315 g/mol. The molecule has 0 aromatic carbocycles. The Hall–Kier alpha value is -0.560. The first kappa shape index (κ1) is 15.9. The van der Waals surface area contributed by atoms with E-state index in [0.717, 1.165) is 30.1 Å². The molecule has 1 heteroatoms. The molecule has 23 heavy (non-hydrogen) atoms. The first-order chi connectivity index (χ1) is 10.9. The lowest BCUT2D eigenvalue weighted by molar-refractivity contribution is -0.0507. The standard InChI is InChI=1S/C22H34O/c1-14(2)18-7-8-19-17-6-5-15-13-16(23)9-11-21(15,3)20(17)10-12-22(18,19)4/h13,16-20,23H,1,5-12H2,2-4H3/t16?,17?,18-,19?,20?,21+,22-/m1/s1. The largest absolute Gasteiger partial charge is 0.389 e. The molecule has 1 nitrogen and oxygen atoms in total. The van der Waals surface area contributed by atoms with Crippen LogP contribution in [0.4, 0.5) is 0 Å². The van der Waals surface area contributed by atoms with Gasteiger partial charge in [0.25, 0.3) is 0 Å². The third-order valence-corrected chi connectivity index (χ3v) is 8.68. The maximum absolute atomic E-state index is 10.1. The molecule has 4 unspecified atom stereocenters. The van der Waals surface area contributed by atoms with E-state index in [4.69, 9.17) is 0 Å². The van der Waals surface area contributed by atoms with Gasteiger partial charge in [0.15, 0.2) is 0 Å². The van der Waals surface area contributed by atoms with Crippen molar-refractivity contribution in [3.8, 4) is 0 Å². The van der Waals surface area contributed by atoms with Crippen LogP contribution in [0.2, 0.25) is 0 Å². The van der Waals surface area contributed by atoms with Crippen molar-refractivity contribution in [3.63, 3.8) is 0 Å². The van der Waals surface area contributed by atoms with Crippen LogP contribution in [0.1, 0.15) is 72.1 Å². The Labute approximate surface area is 142 Å². The summed E-state index contributed by atoms with van der Waals surface area (Å²) in [5.41, 5.74) is 3.91. The third kappa shape index (κ3) is 2.15. The minimum Gasteiger partial charge on any atom is -0.389 e. The predicted molar refractivity (Wildman–Crippen MR) is 96.0 cm³/mol. The molecule has 0 aliphatic heterocycles. The van der Waals surface area contributed by atoms with E-state index in [1.54, 1.807) is 5.57 Å². The van der Waals surface area contributed by atoms with Crippen molar-refractivity contribution >= 4 is 0 Å². The van der Waals surface area contributed by atoms with Gasteiger partial charge in [0.2, 0.25) is 0 Å². The fourth-order valence-corrected chi connectivity index (χ4v) is 7.52. The topological polar surface area (TPSA) is 20.2 Å². The van der Waals surface area contributed by atoms with Crippen LogP contribution in [0, 0.1) is 34.5 Å². The molecule has 1 N–H and O–H groups in total. The van der Waals surface area contributed by atoms with Gasteiger partial charge in [0, 0.05) is 0 Å². The lowest BCUT2D eigenvalue weighted by Crippen LogP contribution is -2.50. The zero-order chi connectivity index (χ0) is 16.4. The fraction of sp³-hybridized carbons (Fsp3) is 0.818. The predicted octanol–water partition coefficient (Wildman–Crippen LogP) is 5.50. The number of fused-ring (bicyclic) bond motifs is 5. The normalized spacial score (nSPS) is 52.2. The summed E-state index contributed by atoms with van der Waals surface area (Å²) in [5, 5.41) is 10.1. The number of aliphatic hydroxyl groups is 1. The smallest absolute Gasteiger partial charge is 0.0724 e. The van der Waals surface area contributed by atoms with Gasteiger partial charge >= 0.3 is 0 Å². The first-order valence-corrected chi connectivity index (χ1v) is 9.91. The molecule has 0 radical (unpaired) electrons. The molecule has 4 rings (SSSR count). The minimum atomic E-state index is -0.178. The molecule has 3 fully saturated rings. The SMILES string of the molecule is C=C(C)[C@H]1CCC2C3CCC4=CC(O)CC[C@]4(C)C3CC[C@@]21C. The molecule has 0 bridgehead atoms. The van der Waals surface area contributed by atoms with E-state index in [0.29, 0.717) is 10.8 Å². The van der Waals surface area contributed by atoms with Crippen LogP contribution in [0.5, 0.6) is 0 Å². The van der Waals surface area contributed by atoms with Crippen LogP contribution >= 0.6 is 0 Å². The first-order valence-electron chi connectivity index (χ1n) is 9.91. The van der Waals surface area contributed by atoms with Gasteiger partial charge in [-0.3, -0.25) is 0 Å². The highest BCUT2D eigenvalue weighted by Gasteiger charge is 2.58. The summed E-state index contributed by atoms with van der Waals surface area (Å²) >= 11 is 0. The van der Waals surface area contributed by atoms with Gasteiger partial charge in [0.1, 0.15) is 0 Å². The van der Waals surface area contributed by atoms with Crippen LogP contribution < -0.4 is 0 Å². The summed E-state index contributed by atoms with van der Waals surface area (Å²) in [6.45, 7) is 11.7. The second kappa shape index (κ2) is 5.22. The lowest BCUT2D eigenvalue weighted by Gasteiger charge is -2.58. The lowest BCUT2D eigenvalue weighted by atomic mass is 9.46. The van der Waals surface area contributed by atoms with Crippen LogP contribution in [0.3, 0.4) is 0 Å². The third-order valence-electron chi connectivity index (χ3n) is 8.68. The molecule has 0 spiro atoms. The van der Waals surface area contributed by atoms with Gasteiger partial charge in [-0.25, -0.2) is 0 Å². The maximum Gasteiger partial charge on any atom is 0.0724 e. The summed E-state index contributed by atoms with van der Waals surface area (Å²) in [6.07, 6.45) is 12.4. The van der Waals surface area contributed by atoms with Crippen molar-refractivity contribution in [1.82, 2.24) is 0 Å². The van der Waals surface area contributed by atoms with E-state index in [1.807, 2.05) is 0 Å². The number of aliphatic hydroxyl groups excluding tert-OH is 1. The number of rotatable bonds is 1. The van der Waals surface area contributed by atoms with Gasteiger partial charge in [-0.15, -0.1) is 0 Å². The molecule has 0 amide bonds. The van der Waals surface area contributed by atoms with Crippen LogP contribution in [0.25, 0.3) is 0 Å². The molecule has 4 aliphatic carbocycles. The van der Waals surface area contributed by atoms with Crippen molar-refractivity contribution in [2.45, 2.75) is 78.2 Å². The van der Waals surface area contributed by atoms with Crippen molar-refractivity contribution in [2.24, 2.45) is 34.5 Å². The zero-order valence-corrected chi connectivity index (χ0v) is 15.3. The van der Waals surface area contributed by atoms with Crippen LogP contribution in [-0.4, -0.2) is 11.2 Å². The molecular formula is C22H34O. The second-order valence-electron chi connectivity index (χ2n) is 9.65. The van der Waals surface area contributed by atoms with Gasteiger partial charge in [-0.05, 0) is 92.8 Å². The zero-order valence-electron chi connectivity index (χ0n) is 15.3. The molecule has 4 aliphatic rings. The molecular weight excluding hydrogens is 280 g/mol. The Balaban J connectivity index is 1.66. The Morgan fingerprint density at radius 3 is 2.61 bits per heavy atom. The number of allylic oxidation sites excluding steroid dienone is 2. The number of hydrogen-bond donors (Lipinski definition) is 1. The Morgan fingerprint density at radius 2 is 1.87 bits per heavy atom. The molecule has 0 aromatic rings. The fourth-order valence-electron chi connectivity index (χ4n) is 7.52. The Bertz CT molecular complexity index is 546. The highest BCUT2D eigenvalue weighted by molar-refractivity contribution is 5.26. The maximum atomic E-state index is 10.1. The van der Waals surface area contributed by atoms with E-state index < -0.39 is 0 Å². The van der Waals surface area contributed by atoms with Gasteiger partial charge in [-0.2, -0.15) is 0 Å². The minimum absolute atomic E-state index is 0.178. The molecule has 0 aromatic heterocycles. The molecule has 7 atom stereocenters. The quantitative estimate of drug-likeness (QED) is 0.633. The van der Waals surface area contributed by atoms with Crippen LogP contribution in [0.15, 0.2) is 23.8 Å². The Morgan fingerprint density at radius 1 is 1.09 bits per heavy atom. The summed E-state index contributed by atoms with van der Waals surface area (Å²) in [4.78, 5) is 0. The van der Waals surface area contributed by atoms with E-state index in [2.05, 4.69) is 33.4 Å². The summed E-state index contributed by atoms with van der Waals surface area (Å²) < 4.78 is 0. The molecule has 0 saturated heterocycles. The average Bonchev–Trinajstić information content (AvgIpc) is 2.85. The monoisotopic (exact) mass is 314 g/mol. The van der Waals surface area contributed by atoms with E-state index in [9.17, 15) is 5.11 Å². The number of hydrogen-bond acceptors (Lipinski definition) is 1. The van der Waals surface area contributed by atoms with Gasteiger partial charge in [0.05, 0.1) is 6.10 Å². The second-order valence-corrected chi connectivity index (χ2v) is 9.65. The van der Waals surface area contributed by atoms with Gasteiger partial charge in [-0.1, -0.05) is 37.6 Å². The molecule has 0 heterocycles. The summed E-state index contributed by atoms with van der Waals surface area (Å²) in [5.74, 6) is 3.44. The molecule has 128 valence electrons. The van der Waals surface area contributed by atoms with E-state index >= 15 is 0 Å². The van der Waals surface area contributed by atoms with Crippen molar-refractivity contribution < 1.29 is 5.11 Å². The van der Waals surface area contributed by atoms with Crippen molar-refractivity contribution in [2.75, 3.05) is 0 Å². The summed E-state index contributed by atoms with van der Waals surface area (Å²) in [6, 6.07) is 0. The summed E-state index contributed by atoms with van der Waals surface area (Å²) in [7, 11) is 0. The van der Waals surface area contributed by atoms with Crippen LogP contribution in [-0.2, 0) is 0 Å². The van der Waals surface area contributed by atoms with Gasteiger partial charge < -0.3 is 5.11 Å². The van der Waals surface area contributed by atoms with E-state index in [-0.39, 0.29) is 6.10 Å².